The summed E-state index contributed by atoms with van der Waals surface area (Å²) < 4.78 is 0. The topological polar surface area (TPSA) is 108 Å². The van der Waals surface area contributed by atoms with E-state index < -0.39 is 6.03 Å². The Morgan fingerprint density at radius 1 is 1.29 bits per heavy atom. The van der Waals surface area contributed by atoms with E-state index >= 15 is 0 Å². The smallest absolute Gasteiger partial charge is 0.324 e. The molecule has 2 saturated heterocycles. The number of hydrogen-bond acceptors (Lipinski definition) is 7. The average molecular weight is 443 g/mol. The molecule has 1 atom stereocenters. The number of anilines is 2. The standard InChI is InChI=1S/C21H26N6O3S/c1-13-14(2)31-20(23-13)25-17-7-3-5-15(24-17)16-6-4-11-26(16)19(29)9-12-27-18(28)8-10-22-21(27)30/h3,5,7,16H,4,6,8-12H2,1-2H3,(H,22,30)(H,23,24,25). The molecule has 2 aromatic rings. The number of urea groups is 1. The van der Waals surface area contributed by atoms with E-state index in [1.165, 1.54) is 0 Å². The summed E-state index contributed by atoms with van der Waals surface area (Å²) >= 11 is 1.58. The second-order valence-corrected chi connectivity index (χ2v) is 8.96. The second-order valence-electron chi connectivity index (χ2n) is 7.76. The highest BCUT2D eigenvalue weighted by molar-refractivity contribution is 7.15. The molecule has 2 fully saturated rings. The molecule has 0 saturated carbocycles. The third-order valence-corrected chi connectivity index (χ3v) is 6.65. The van der Waals surface area contributed by atoms with Crippen molar-refractivity contribution in [3.05, 3.63) is 34.5 Å². The number of aromatic nitrogens is 2. The molecule has 4 rings (SSSR count). The fraction of sp³-hybridized carbons (Fsp3) is 0.476. The number of carbonyl (C=O) groups excluding carboxylic acids is 3. The van der Waals surface area contributed by atoms with Crippen LogP contribution >= 0.6 is 11.3 Å². The van der Waals surface area contributed by atoms with Gasteiger partial charge >= 0.3 is 6.03 Å². The number of hydrogen-bond donors (Lipinski definition) is 2. The Labute approximate surface area is 184 Å². The third-order valence-electron chi connectivity index (χ3n) is 5.66. The van der Waals surface area contributed by atoms with Gasteiger partial charge in [0.15, 0.2) is 5.13 Å². The molecule has 2 aromatic heterocycles. The Kier molecular flexibility index (Phi) is 6.17. The molecule has 31 heavy (non-hydrogen) atoms. The van der Waals surface area contributed by atoms with Crippen LogP contribution in [-0.4, -0.2) is 57.2 Å². The molecule has 0 bridgehead atoms. The van der Waals surface area contributed by atoms with Crippen molar-refractivity contribution < 1.29 is 14.4 Å². The van der Waals surface area contributed by atoms with Crippen molar-refractivity contribution >= 4 is 40.1 Å². The molecule has 2 aliphatic heterocycles. The number of nitrogens with one attached hydrogen (secondary N) is 2. The van der Waals surface area contributed by atoms with Crippen LogP contribution in [0.1, 0.15) is 48.0 Å². The maximum absolute atomic E-state index is 12.9. The molecule has 164 valence electrons. The largest absolute Gasteiger partial charge is 0.337 e. The lowest BCUT2D eigenvalue weighted by Gasteiger charge is -2.28. The number of thiazole rings is 1. The molecular weight excluding hydrogens is 416 g/mol. The molecule has 4 heterocycles. The number of nitrogens with zero attached hydrogens (tertiary/aromatic N) is 4. The zero-order valence-electron chi connectivity index (χ0n) is 17.7. The Bertz CT molecular complexity index is 971. The van der Waals surface area contributed by atoms with Crippen LogP contribution in [0, 0.1) is 13.8 Å². The van der Waals surface area contributed by atoms with Crippen molar-refractivity contribution in [2.75, 3.05) is 25.0 Å². The molecule has 2 aliphatic rings. The zero-order chi connectivity index (χ0) is 22.0. The molecule has 10 heteroatoms. The minimum atomic E-state index is -0.421. The minimum absolute atomic E-state index is 0.0694. The first-order valence-electron chi connectivity index (χ1n) is 10.5. The molecule has 1 unspecified atom stereocenters. The van der Waals surface area contributed by atoms with Crippen LogP contribution in [0.5, 0.6) is 0 Å². The van der Waals surface area contributed by atoms with E-state index in [0.717, 1.165) is 39.1 Å². The monoisotopic (exact) mass is 442 g/mol. The fourth-order valence-electron chi connectivity index (χ4n) is 3.91. The highest BCUT2D eigenvalue weighted by Crippen LogP contribution is 2.32. The summed E-state index contributed by atoms with van der Waals surface area (Å²) in [6, 6.07) is 5.21. The SMILES string of the molecule is Cc1nc(Nc2cccc(C3CCCN3C(=O)CCN3C(=O)CCNC3=O)n2)sc1C. The Morgan fingerprint density at radius 2 is 2.13 bits per heavy atom. The Balaban J connectivity index is 1.42. The van der Waals surface area contributed by atoms with Crippen molar-refractivity contribution in [3.63, 3.8) is 0 Å². The van der Waals surface area contributed by atoms with Crippen molar-refractivity contribution in [2.45, 2.75) is 45.6 Å². The van der Waals surface area contributed by atoms with Crippen LogP contribution in [0.3, 0.4) is 0 Å². The van der Waals surface area contributed by atoms with Gasteiger partial charge in [-0.15, -0.1) is 11.3 Å². The predicted molar refractivity (Wildman–Crippen MR) is 117 cm³/mol. The van der Waals surface area contributed by atoms with Crippen LogP contribution in [-0.2, 0) is 9.59 Å². The van der Waals surface area contributed by atoms with E-state index in [0.29, 0.717) is 18.9 Å². The van der Waals surface area contributed by atoms with Gasteiger partial charge in [0.2, 0.25) is 11.8 Å². The lowest BCUT2D eigenvalue weighted by atomic mass is 10.1. The number of amides is 4. The highest BCUT2D eigenvalue weighted by Gasteiger charge is 2.32. The fourth-order valence-corrected chi connectivity index (χ4v) is 4.73. The van der Waals surface area contributed by atoms with E-state index in [1.54, 1.807) is 11.3 Å². The molecule has 4 amide bonds. The number of rotatable bonds is 6. The quantitative estimate of drug-likeness (QED) is 0.712. The van der Waals surface area contributed by atoms with Gasteiger partial charge in [-0.1, -0.05) is 6.07 Å². The van der Waals surface area contributed by atoms with Crippen molar-refractivity contribution in [2.24, 2.45) is 0 Å². The Morgan fingerprint density at radius 3 is 2.87 bits per heavy atom. The third kappa shape index (κ3) is 4.68. The van der Waals surface area contributed by atoms with E-state index in [2.05, 4.69) is 15.6 Å². The lowest BCUT2D eigenvalue weighted by molar-refractivity contribution is -0.133. The summed E-state index contributed by atoms with van der Waals surface area (Å²) in [5.74, 6) is 0.392. The van der Waals surface area contributed by atoms with Crippen molar-refractivity contribution in [1.82, 2.24) is 25.1 Å². The molecule has 0 spiro atoms. The number of imide groups is 1. The normalized spacial score (nSPS) is 19.0. The van der Waals surface area contributed by atoms with E-state index in [4.69, 9.17) is 4.98 Å². The van der Waals surface area contributed by atoms with Gasteiger partial charge in [-0.2, -0.15) is 0 Å². The predicted octanol–water partition coefficient (Wildman–Crippen LogP) is 2.89. The van der Waals surface area contributed by atoms with Crippen molar-refractivity contribution in [1.29, 1.82) is 0 Å². The van der Waals surface area contributed by atoms with Gasteiger partial charge in [-0.3, -0.25) is 14.5 Å². The van der Waals surface area contributed by atoms with E-state index in [1.807, 2.05) is 36.9 Å². The molecular formula is C21H26N6O3S. The first-order valence-corrected chi connectivity index (χ1v) is 11.3. The van der Waals surface area contributed by atoms with Gasteiger partial charge in [-0.05, 0) is 38.8 Å². The van der Waals surface area contributed by atoms with Crippen LogP contribution < -0.4 is 10.6 Å². The van der Waals surface area contributed by atoms with E-state index in [9.17, 15) is 14.4 Å². The lowest BCUT2D eigenvalue weighted by Crippen LogP contribution is -2.50. The Hall–Kier alpha value is -3.01. The number of likely N-dealkylation sites (tertiary alicyclic amines) is 1. The maximum atomic E-state index is 12.9. The second kappa shape index (κ2) is 9.01. The first-order chi connectivity index (χ1) is 14.9. The van der Waals surface area contributed by atoms with Gasteiger partial charge < -0.3 is 15.5 Å². The van der Waals surface area contributed by atoms with Gasteiger partial charge in [0.05, 0.1) is 17.4 Å². The van der Waals surface area contributed by atoms with Crippen LogP contribution in [0.2, 0.25) is 0 Å². The summed E-state index contributed by atoms with van der Waals surface area (Å²) in [5, 5.41) is 6.69. The van der Waals surface area contributed by atoms with Gasteiger partial charge in [0.25, 0.3) is 0 Å². The van der Waals surface area contributed by atoms with Gasteiger partial charge in [0.1, 0.15) is 5.82 Å². The number of carbonyl (C=O) groups is 3. The molecule has 0 radical (unpaired) electrons. The van der Waals surface area contributed by atoms with E-state index in [-0.39, 0.29) is 37.2 Å². The molecule has 9 nitrogen and oxygen atoms in total. The van der Waals surface area contributed by atoms with Crippen LogP contribution in [0.15, 0.2) is 18.2 Å². The molecule has 0 aliphatic carbocycles. The van der Waals surface area contributed by atoms with Gasteiger partial charge in [0, 0.05) is 37.4 Å². The molecule has 2 N–H and O–H groups in total. The first kappa shape index (κ1) is 21.2. The summed E-state index contributed by atoms with van der Waals surface area (Å²) in [4.78, 5) is 50.1. The summed E-state index contributed by atoms with van der Waals surface area (Å²) in [7, 11) is 0. The number of pyridine rings is 1. The minimum Gasteiger partial charge on any atom is -0.337 e. The number of aryl methyl sites for hydroxylation is 2. The molecule has 0 aromatic carbocycles. The van der Waals surface area contributed by atoms with Crippen molar-refractivity contribution in [3.8, 4) is 0 Å². The zero-order valence-corrected chi connectivity index (χ0v) is 18.5. The summed E-state index contributed by atoms with van der Waals surface area (Å²) in [6.45, 7) is 5.11. The van der Waals surface area contributed by atoms with Gasteiger partial charge in [-0.25, -0.2) is 14.8 Å². The van der Waals surface area contributed by atoms with Crippen LogP contribution in [0.25, 0.3) is 0 Å². The average Bonchev–Trinajstić information content (AvgIpc) is 3.34. The maximum Gasteiger partial charge on any atom is 0.324 e. The highest BCUT2D eigenvalue weighted by atomic mass is 32.1. The van der Waals surface area contributed by atoms with Crippen LogP contribution in [0.4, 0.5) is 15.7 Å². The summed E-state index contributed by atoms with van der Waals surface area (Å²) in [5.41, 5.74) is 1.82. The summed E-state index contributed by atoms with van der Waals surface area (Å²) in [6.07, 6.45) is 2.12.